The lowest BCUT2D eigenvalue weighted by atomic mass is 10.0. The van der Waals surface area contributed by atoms with Crippen molar-refractivity contribution in [1.82, 2.24) is 19.9 Å². The second-order valence-electron chi connectivity index (χ2n) is 16.3. The molecule has 6 nitrogen and oxygen atoms in total. The van der Waals surface area contributed by atoms with Gasteiger partial charge >= 0.3 is 0 Å². The van der Waals surface area contributed by atoms with Crippen LogP contribution in [0, 0.1) is 0 Å². The third-order valence-corrected chi connectivity index (χ3v) is 14.6. The maximum absolute atomic E-state index is 5.08. The average Bonchev–Trinajstić information content (AvgIpc) is 4.06. The zero-order valence-electron chi connectivity index (χ0n) is 35.3. The summed E-state index contributed by atoms with van der Waals surface area (Å²) in [6.45, 7) is 0. The molecule has 4 aromatic heterocycles. The van der Waals surface area contributed by atoms with Crippen molar-refractivity contribution in [2.75, 3.05) is 9.80 Å². The van der Waals surface area contributed by atoms with Gasteiger partial charge in [0.25, 0.3) is 0 Å². The smallest absolute Gasteiger partial charge is 0.101 e. The van der Waals surface area contributed by atoms with Crippen LogP contribution in [0.15, 0.2) is 219 Å². The van der Waals surface area contributed by atoms with Gasteiger partial charge in [-0.05, 0) is 116 Å². The summed E-state index contributed by atoms with van der Waals surface area (Å²) in [5, 5.41) is 11.7. The van der Waals surface area contributed by atoms with Crippen molar-refractivity contribution in [3.63, 3.8) is 0 Å². The van der Waals surface area contributed by atoms with E-state index in [0.29, 0.717) is 0 Å². The molecule has 4 heterocycles. The van der Waals surface area contributed by atoms with Crippen LogP contribution in [0.2, 0.25) is 0 Å². The Balaban J connectivity index is 0.965. The molecule has 0 atom stereocenters. The van der Waals surface area contributed by atoms with Crippen molar-refractivity contribution < 1.29 is 0 Å². The van der Waals surface area contributed by atoms with Crippen LogP contribution in [0.25, 0.3) is 86.0 Å². The number of rotatable bonds is 8. The molecule has 13 aromatic rings. The second-order valence-corrected chi connectivity index (χ2v) is 18.5. The molecule has 310 valence electrons. The van der Waals surface area contributed by atoms with E-state index in [4.69, 9.17) is 19.9 Å². The lowest BCUT2D eigenvalue weighted by Gasteiger charge is -2.24. The SMILES string of the molecule is c1ccc2cc(N(c3ccc4ccccc4c3)c3ccc(-c4c5nccnc5c(-c5ccc(N(c6ccc7ccccc7c6)c6ccc7ccccc7c6)s5)c5nccnc45)s3)ccc2c1. The molecule has 0 saturated carbocycles. The molecule has 0 unspecified atom stereocenters. The third kappa shape index (κ3) is 6.53. The molecular formula is C58H36N6S2. The van der Waals surface area contributed by atoms with Gasteiger partial charge in [-0.25, -0.2) is 0 Å². The molecule has 0 aliphatic rings. The fraction of sp³-hybridized carbons (Fsp3) is 0. The van der Waals surface area contributed by atoms with Crippen LogP contribution in [-0.2, 0) is 0 Å². The van der Waals surface area contributed by atoms with Crippen molar-refractivity contribution in [1.29, 1.82) is 0 Å². The maximum atomic E-state index is 5.08. The Hall–Kier alpha value is -8.30. The highest BCUT2D eigenvalue weighted by molar-refractivity contribution is 7.20. The van der Waals surface area contributed by atoms with Crippen molar-refractivity contribution in [3.05, 3.63) is 219 Å². The van der Waals surface area contributed by atoms with Crippen LogP contribution in [0.5, 0.6) is 0 Å². The third-order valence-electron chi connectivity index (χ3n) is 12.4. The highest BCUT2D eigenvalue weighted by atomic mass is 32.1. The number of thiophene rings is 2. The highest BCUT2D eigenvalue weighted by Crippen LogP contribution is 2.50. The molecule has 0 spiro atoms. The fourth-order valence-corrected chi connectivity index (χ4v) is 11.5. The number of benzene rings is 9. The minimum atomic E-state index is 0.785. The number of anilines is 6. The van der Waals surface area contributed by atoms with Gasteiger partial charge in [0.15, 0.2) is 0 Å². The Morgan fingerprint density at radius 3 is 0.833 bits per heavy atom. The fourth-order valence-electron chi connectivity index (χ4n) is 9.33. The highest BCUT2D eigenvalue weighted by Gasteiger charge is 2.25. The first-order valence-corrected chi connectivity index (χ1v) is 23.5. The minimum absolute atomic E-state index is 0.785. The van der Waals surface area contributed by atoms with Crippen LogP contribution in [0.4, 0.5) is 32.8 Å². The number of hydrogen-bond acceptors (Lipinski definition) is 8. The lowest BCUT2D eigenvalue weighted by Crippen LogP contribution is -2.08. The normalized spacial score (nSPS) is 11.6. The molecule has 8 heteroatoms. The molecule has 0 fully saturated rings. The Labute approximate surface area is 388 Å². The van der Waals surface area contributed by atoms with Crippen LogP contribution < -0.4 is 9.80 Å². The Kier molecular flexibility index (Phi) is 9.11. The van der Waals surface area contributed by atoms with Crippen LogP contribution in [-0.4, -0.2) is 19.9 Å². The van der Waals surface area contributed by atoms with Gasteiger partial charge in [0.1, 0.15) is 32.1 Å². The summed E-state index contributed by atoms with van der Waals surface area (Å²) < 4.78 is 0. The second kappa shape index (κ2) is 15.7. The van der Waals surface area contributed by atoms with Gasteiger partial charge in [0, 0.05) is 68.4 Å². The summed E-state index contributed by atoms with van der Waals surface area (Å²) in [5.41, 5.74) is 9.30. The summed E-state index contributed by atoms with van der Waals surface area (Å²) in [5.74, 6) is 0. The molecule has 0 bridgehead atoms. The van der Waals surface area contributed by atoms with Gasteiger partial charge in [-0.1, -0.05) is 121 Å². The quantitative estimate of drug-likeness (QED) is 0.142. The van der Waals surface area contributed by atoms with E-state index in [1.807, 2.05) is 0 Å². The molecule has 0 saturated heterocycles. The Morgan fingerprint density at radius 2 is 0.545 bits per heavy atom. The zero-order valence-corrected chi connectivity index (χ0v) is 36.9. The molecule has 0 aliphatic carbocycles. The number of nitrogens with zero attached hydrogens (tertiary/aromatic N) is 6. The largest absolute Gasteiger partial charge is 0.302 e. The van der Waals surface area contributed by atoms with Crippen molar-refractivity contribution in [2.45, 2.75) is 0 Å². The predicted octanol–water partition coefficient (Wildman–Crippen LogP) is 16.6. The average molecular weight is 881 g/mol. The van der Waals surface area contributed by atoms with Gasteiger partial charge in [-0.2, -0.15) is 0 Å². The van der Waals surface area contributed by atoms with Crippen LogP contribution in [0.1, 0.15) is 0 Å². The van der Waals surface area contributed by atoms with E-state index in [0.717, 1.165) is 75.7 Å². The van der Waals surface area contributed by atoms with Gasteiger partial charge in [0.2, 0.25) is 0 Å². The van der Waals surface area contributed by atoms with Crippen LogP contribution >= 0.6 is 22.7 Å². The number of hydrogen-bond donors (Lipinski definition) is 0. The molecule has 0 N–H and O–H groups in total. The molecule has 0 amide bonds. The van der Waals surface area contributed by atoms with Gasteiger partial charge in [-0.15, -0.1) is 22.7 Å². The lowest BCUT2D eigenvalue weighted by molar-refractivity contribution is 1.27. The van der Waals surface area contributed by atoms with Gasteiger partial charge in [0.05, 0.1) is 0 Å². The first-order valence-electron chi connectivity index (χ1n) is 21.8. The van der Waals surface area contributed by atoms with E-state index in [1.165, 1.54) is 43.1 Å². The van der Waals surface area contributed by atoms with Crippen molar-refractivity contribution >= 4 is 121 Å². The summed E-state index contributed by atoms with van der Waals surface area (Å²) in [6.07, 6.45) is 7.13. The summed E-state index contributed by atoms with van der Waals surface area (Å²) in [4.78, 5) is 27.1. The van der Waals surface area contributed by atoms with Crippen molar-refractivity contribution in [3.8, 4) is 20.9 Å². The van der Waals surface area contributed by atoms with Crippen molar-refractivity contribution in [2.24, 2.45) is 0 Å². The Morgan fingerprint density at radius 1 is 0.273 bits per heavy atom. The predicted molar refractivity (Wildman–Crippen MR) is 279 cm³/mol. The molecule has 0 radical (unpaired) electrons. The number of aromatic nitrogens is 4. The monoisotopic (exact) mass is 880 g/mol. The zero-order chi connectivity index (χ0) is 43.6. The van der Waals surface area contributed by atoms with E-state index < -0.39 is 0 Å². The van der Waals surface area contributed by atoms with Crippen LogP contribution in [0.3, 0.4) is 0 Å². The molecule has 9 aromatic carbocycles. The molecule has 13 rings (SSSR count). The van der Waals surface area contributed by atoms with Gasteiger partial charge in [-0.3, -0.25) is 19.9 Å². The summed E-state index contributed by atoms with van der Waals surface area (Å²) >= 11 is 3.43. The first kappa shape index (κ1) is 38.2. The van der Waals surface area contributed by atoms with Gasteiger partial charge < -0.3 is 9.80 Å². The topological polar surface area (TPSA) is 58.0 Å². The Bertz CT molecular complexity index is 3530. The summed E-state index contributed by atoms with van der Waals surface area (Å²) in [7, 11) is 0. The van der Waals surface area contributed by atoms with E-state index in [1.54, 1.807) is 47.5 Å². The summed E-state index contributed by atoms with van der Waals surface area (Å²) in [6, 6.07) is 69.7. The maximum Gasteiger partial charge on any atom is 0.101 e. The van der Waals surface area contributed by atoms with E-state index in [2.05, 4.69) is 204 Å². The first-order chi connectivity index (χ1) is 32.7. The molecule has 0 aliphatic heterocycles. The van der Waals surface area contributed by atoms with E-state index in [-0.39, 0.29) is 0 Å². The minimum Gasteiger partial charge on any atom is -0.302 e. The standard InChI is InChI=1S/C58H36N6S2/c1-5-13-41-33-45(21-17-37(41)9-1)63(46-22-18-38-10-2-6-14-42(38)34-46)51-27-25-49(65-51)53-55-57(61-31-29-59-55)54(58-56(53)60-30-32-62-58)50-26-28-52(66-50)64(47-23-19-39-11-3-7-15-43(39)35-47)48-24-20-40-12-4-8-16-44(40)36-48/h1-36H. The molecule has 66 heavy (non-hydrogen) atoms. The molecular weight excluding hydrogens is 845 g/mol. The number of fused-ring (bicyclic) bond motifs is 6. The van der Waals surface area contributed by atoms with E-state index >= 15 is 0 Å². The van der Waals surface area contributed by atoms with E-state index in [9.17, 15) is 0 Å².